The van der Waals surface area contributed by atoms with Crippen LogP contribution in [-0.2, 0) is 25.5 Å². The van der Waals surface area contributed by atoms with Gasteiger partial charge in [-0.15, -0.1) is 0 Å². The SMILES string of the molecule is C=C(CO)C(=O)OCC(CCC1CCC(c2ccc(CCCCC)cc2)CC1)COC(=O)C(=C)CO. The van der Waals surface area contributed by atoms with E-state index in [1.54, 1.807) is 0 Å². The maximum Gasteiger partial charge on any atom is 0.335 e. The number of benzene rings is 1. The number of aliphatic hydroxyl groups is 2. The van der Waals surface area contributed by atoms with Crippen molar-refractivity contribution in [2.75, 3.05) is 26.4 Å². The van der Waals surface area contributed by atoms with Crippen LogP contribution in [0.2, 0.25) is 0 Å². The van der Waals surface area contributed by atoms with Gasteiger partial charge in [-0.05, 0) is 74.3 Å². The average Bonchev–Trinajstić information content (AvgIpc) is 2.92. The monoisotopic (exact) mass is 500 g/mol. The third kappa shape index (κ3) is 10.3. The highest BCUT2D eigenvalue weighted by Crippen LogP contribution is 2.38. The van der Waals surface area contributed by atoms with E-state index in [4.69, 9.17) is 19.7 Å². The molecular weight excluding hydrogens is 456 g/mol. The topological polar surface area (TPSA) is 93.1 Å². The summed E-state index contributed by atoms with van der Waals surface area (Å²) < 4.78 is 10.5. The average molecular weight is 501 g/mol. The van der Waals surface area contributed by atoms with Crippen LogP contribution < -0.4 is 0 Å². The van der Waals surface area contributed by atoms with Crippen LogP contribution in [0.15, 0.2) is 48.6 Å². The molecule has 0 radical (unpaired) electrons. The maximum absolute atomic E-state index is 11.9. The van der Waals surface area contributed by atoms with Crippen molar-refractivity contribution < 1.29 is 29.3 Å². The Balaban J connectivity index is 1.82. The van der Waals surface area contributed by atoms with E-state index in [1.807, 2.05) is 0 Å². The molecule has 6 nitrogen and oxygen atoms in total. The van der Waals surface area contributed by atoms with Crippen LogP contribution in [0.4, 0.5) is 0 Å². The first-order valence-corrected chi connectivity index (χ1v) is 13.4. The highest BCUT2D eigenvalue weighted by Gasteiger charge is 2.24. The van der Waals surface area contributed by atoms with E-state index in [0.717, 1.165) is 32.1 Å². The zero-order valence-corrected chi connectivity index (χ0v) is 21.9. The molecule has 1 aliphatic carbocycles. The number of esters is 2. The fraction of sp³-hybridized carbons (Fsp3) is 0.600. The number of unbranched alkanes of at least 4 members (excludes halogenated alkanes) is 2. The van der Waals surface area contributed by atoms with Crippen LogP contribution >= 0.6 is 0 Å². The summed E-state index contributed by atoms with van der Waals surface area (Å²) in [6, 6.07) is 9.21. The van der Waals surface area contributed by atoms with Gasteiger partial charge in [-0.1, -0.05) is 57.2 Å². The lowest BCUT2D eigenvalue weighted by Gasteiger charge is -2.30. The molecule has 0 heterocycles. The van der Waals surface area contributed by atoms with Crippen LogP contribution in [0, 0.1) is 11.8 Å². The minimum Gasteiger partial charge on any atom is -0.462 e. The highest BCUT2D eigenvalue weighted by molar-refractivity contribution is 5.88. The summed E-state index contributed by atoms with van der Waals surface area (Å²) in [6.45, 7) is 8.44. The molecule has 200 valence electrons. The van der Waals surface area contributed by atoms with Gasteiger partial charge in [-0.3, -0.25) is 0 Å². The second-order valence-corrected chi connectivity index (χ2v) is 10.1. The lowest BCUT2D eigenvalue weighted by molar-refractivity contribution is -0.144. The van der Waals surface area contributed by atoms with E-state index in [1.165, 1.54) is 43.2 Å². The first-order chi connectivity index (χ1) is 17.4. The van der Waals surface area contributed by atoms with E-state index in [2.05, 4.69) is 44.3 Å². The molecule has 1 fully saturated rings. The molecule has 0 atom stereocenters. The molecule has 0 aromatic heterocycles. The Morgan fingerprint density at radius 2 is 1.47 bits per heavy atom. The van der Waals surface area contributed by atoms with Gasteiger partial charge < -0.3 is 19.7 Å². The Kier molecular flexibility index (Phi) is 13.5. The van der Waals surface area contributed by atoms with Crippen molar-refractivity contribution in [2.45, 2.75) is 77.0 Å². The maximum atomic E-state index is 11.9. The number of ether oxygens (including phenoxy) is 2. The summed E-state index contributed by atoms with van der Waals surface area (Å²) in [5.74, 6) is -0.272. The fourth-order valence-electron chi connectivity index (χ4n) is 4.73. The molecule has 0 saturated heterocycles. The van der Waals surface area contributed by atoms with Gasteiger partial charge in [0, 0.05) is 5.92 Å². The number of rotatable bonds is 16. The second kappa shape index (κ2) is 16.3. The summed E-state index contributed by atoms with van der Waals surface area (Å²) >= 11 is 0. The van der Waals surface area contributed by atoms with Gasteiger partial charge in [-0.2, -0.15) is 0 Å². The molecular formula is C30H44O6. The van der Waals surface area contributed by atoms with Crippen LogP contribution in [-0.4, -0.2) is 48.6 Å². The van der Waals surface area contributed by atoms with E-state index >= 15 is 0 Å². The summed E-state index contributed by atoms with van der Waals surface area (Å²) in [5.41, 5.74) is 2.86. The van der Waals surface area contributed by atoms with Gasteiger partial charge in [0.1, 0.15) is 0 Å². The van der Waals surface area contributed by atoms with Crippen LogP contribution in [0.1, 0.15) is 81.8 Å². The molecule has 0 bridgehead atoms. The fourth-order valence-corrected chi connectivity index (χ4v) is 4.73. The highest BCUT2D eigenvalue weighted by atomic mass is 16.5. The first-order valence-electron chi connectivity index (χ1n) is 13.4. The molecule has 1 aromatic carbocycles. The standard InChI is InChI=1S/C30H44O6/c1-4-5-6-7-24-10-14-27(15-11-24)28-16-12-25(13-17-28)8-9-26(20-35-29(33)22(2)18-31)21-36-30(34)23(3)19-32/h10-11,14-15,25-26,28,31-32H,2-9,12-13,16-21H2,1H3. The number of carbonyl (C=O) groups excluding carboxylic acids is 2. The Hall–Kier alpha value is -2.44. The molecule has 2 rings (SSSR count). The lowest BCUT2D eigenvalue weighted by Crippen LogP contribution is -2.24. The molecule has 36 heavy (non-hydrogen) atoms. The molecule has 0 aliphatic heterocycles. The second-order valence-electron chi connectivity index (χ2n) is 10.1. The van der Waals surface area contributed by atoms with Crippen molar-refractivity contribution in [1.29, 1.82) is 0 Å². The van der Waals surface area contributed by atoms with E-state index in [-0.39, 0.29) is 30.3 Å². The Bertz CT molecular complexity index is 804. The summed E-state index contributed by atoms with van der Waals surface area (Å²) in [7, 11) is 0. The van der Waals surface area contributed by atoms with E-state index < -0.39 is 25.2 Å². The van der Waals surface area contributed by atoms with Crippen molar-refractivity contribution in [3.05, 3.63) is 59.7 Å². The number of aryl methyl sites for hydroxylation is 1. The first kappa shape index (κ1) is 29.8. The predicted molar refractivity (Wildman–Crippen MR) is 141 cm³/mol. The molecule has 6 heteroatoms. The minimum atomic E-state index is -0.648. The lowest BCUT2D eigenvalue weighted by atomic mass is 9.76. The number of carbonyl (C=O) groups is 2. The van der Waals surface area contributed by atoms with E-state index in [9.17, 15) is 9.59 Å². The third-order valence-corrected chi connectivity index (χ3v) is 7.21. The van der Waals surface area contributed by atoms with Gasteiger partial charge in [0.05, 0.1) is 37.6 Å². The number of hydrogen-bond acceptors (Lipinski definition) is 6. The molecule has 1 saturated carbocycles. The van der Waals surface area contributed by atoms with Crippen molar-refractivity contribution in [1.82, 2.24) is 0 Å². The molecule has 0 spiro atoms. The van der Waals surface area contributed by atoms with Gasteiger partial charge in [0.2, 0.25) is 0 Å². The minimum absolute atomic E-state index is 0.00767. The molecule has 1 aromatic rings. The van der Waals surface area contributed by atoms with Gasteiger partial charge in [0.25, 0.3) is 0 Å². The zero-order chi connectivity index (χ0) is 26.3. The molecule has 0 unspecified atom stereocenters. The van der Waals surface area contributed by atoms with Crippen molar-refractivity contribution in [3.63, 3.8) is 0 Å². The Morgan fingerprint density at radius 1 is 0.917 bits per heavy atom. The van der Waals surface area contributed by atoms with Crippen molar-refractivity contribution in [2.24, 2.45) is 11.8 Å². The molecule has 2 N–H and O–H groups in total. The van der Waals surface area contributed by atoms with Crippen molar-refractivity contribution >= 4 is 11.9 Å². The van der Waals surface area contributed by atoms with Crippen LogP contribution in [0.25, 0.3) is 0 Å². The van der Waals surface area contributed by atoms with E-state index in [0.29, 0.717) is 11.8 Å². The Morgan fingerprint density at radius 3 is 1.97 bits per heavy atom. The quantitative estimate of drug-likeness (QED) is 0.182. The molecule has 1 aliphatic rings. The molecule has 0 amide bonds. The third-order valence-electron chi connectivity index (χ3n) is 7.21. The summed E-state index contributed by atoms with van der Waals surface area (Å²) in [5, 5.41) is 18.1. The predicted octanol–water partition coefficient (Wildman–Crippen LogP) is 5.27. The smallest absolute Gasteiger partial charge is 0.335 e. The number of aliphatic hydroxyl groups excluding tert-OH is 2. The van der Waals surface area contributed by atoms with Crippen LogP contribution in [0.3, 0.4) is 0 Å². The summed E-state index contributed by atoms with van der Waals surface area (Å²) in [6.07, 6.45) is 11.3. The van der Waals surface area contributed by atoms with Crippen LogP contribution in [0.5, 0.6) is 0 Å². The van der Waals surface area contributed by atoms with Gasteiger partial charge in [0.15, 0.2) is 0 Å². The number of hydrogen-bond donors (Lipinski definition) is 2. The largest absolute Gasteiger partial charge is 0.462 e. The van der Waals surface area contributed by atoms with Crippen molar-refractivity contribution in [3.8, 4) is 0 Å². The normalized spacial score (nSPS) is 17.6. The Labute approximate surface area is 216 Å². The van der Waals surface area contributed by atoms with Gasteiger partial charge in [-0.25, -0.2) is 9.59 Å². The zero-order valence-electron chi connectivity index (χ0n) is 21.9. The summed E-state index contributed by atoms with van der Waals surface area (Å²) in [4.78, 5) is 23.8. The van der Waals surface area contributed by atoms with Gasteiger partial charge >= 0.3 is 11.9 Å².